The Hall–Kier alpha value is -2.93. The quantitative estimate of drug-likeness (QED) is 0.765. The minimum Gasteiger partial charge on any atom is -0.497 e. The summed E-state index contributed by atoms with van der Waals surface area (Å²) in [6.07, 6.45) is 5.66. The van der Waals surface area contributed by atoms with Gasteiger partial charge in [0.05, 0.1) is 30.6 Å². The molecule has 0 saturated carbocycles. The van der Waals surface area contributed by atoms with Gasteiger partial charge in [0, 0.05) is 37.2 Å². The molecular weight excluding hydrogens is 342 g/mol. The second-order valence-corrected chi connectivity index (χ2v) is 6.76. The number of aromatic nitrogens is 4. The molecule has 0 amide bonds. The zero-order valence-corrected chi connectivity index (χ0v) is 15.7. The van der Waals surface area contributed by atoms with Crippen LogP contribution in [0, 0.1) is 0 Å². The minimum atomic E-state index is 0.145. The second kappa shape index (κ2) is 7.36. The van der Waals surface area contributed by atoms with E-state index in [1.807, 2.05) is 30.5 Å². The van der Waals surface area contributed by atoms with Crippen LogP contribution in [0.2, 0.25) is 0 Å². The summed E-state index contributed by atoms with van der Waals surface area (Å²) >= 11 is 0. The van der Waals surface area contributed by atoms with Gasteiger partial charge in [-0.3, -0.25) is 0 Å². The highest BCUT2D eigenvalue weighted by atomic mass is 16.5. The molecule has 1 aliphatic rings. The number of nitrogens with one attached hydrogen (secondary N) is 1. The van der Waals surface area contributed by atoms with E-state index in [4.69, 9.17) is 14.5 Å². The number of benzene rings is 1. The van der Waals surface area contributed by atoms with Gasteiger partial charge in [0.15, 0.2) is 0 Å². The smallest absolute Gasteiger partial charge is 0.226 e. The van der Waals surface area contributed by atoms with Crippen LogP contribution in [-0.2, 0) is 4.74 Å². The Bertz CT molecular complexity index is 885. The number of hydrogen-bond donors (Lipinski definition) is 1. The van der Waals surface area contributed by atoms with Gasteiger partial charge in [-0.05, 0) is 38.1 Å². The van der Waals surface area contributed by atoms with Crippen LogP contribution < -0.4 is 9.64 Å². The molecule has 3 heterocycles. The van der Waals surface area contributed by atoms with E-state index >= 15 is 0 Å². The third-order valence-corrected chi connectivity index (χ3v) is 4.60. The zero-order valence-electron chi connectivity index (χ0n) is 15.7. The molecule has 1 saturated heterocycles. The highest BCUT2D eigenvalue weighted by Gasteiger charge is 2.25. The first-order chi connectivity index (χ1) is 13.1. The van der Waals surface area contributed by atoms with E-state index in [0.717, 1.165) is 41.5 Å². The summed E-state index contributed by atoms with van der Waals surface area (Å²) in [5, 5.41) is 0. The number of hydrogen-bond acceptors (Lipinski definition) is 6. The first-order valence-corrected chi connectivity index (χ1v) is 9.05. The first-order valence-electron chi connectivity index (χ1n) is 9.05. The Morgan fingerprint density at radius 3 is 2.48 bits per heavy atom. The molecule has 1 N–H and O–H groups in total. The summed E-state index contributed by atoms with van der Waals surface area (Å²) in [5.74, 6) is 2.26. The highest BCUT2D eigenvalue weighted by molar-refractivity contribution is 5.78. The Morgan fingerprint density at radius 2 is 1.85 bits per heavy atom. The number of morpholine rings is 1. The molecular formula is C20H23N5O2. The SMILES string of the molecule is COc1ccc(-c2nc(N3CC(C)OC(C)C3)ncc2-c2ncc[nH]2)cc1. The molecule has 2 aromatic heterocycles. The molecule has 0 bridgehead atoms. The molecule has 140 valence electrons. The van der Waals surface area contributed by atoms with Crippen molar-refractivity contribution in [3.63, 3.8) is 0 Å². The topological polar surface area (TPSA) is 76.2 Å². The molecule has 7 heteroatoms. The van der Waals surface area contributed by atoms with E-state index in [1.54, 1.807) is 19.5 Å². The van der Waals surface area contributed by atoms with Crippen LogP contribution in [0.1, 0.15) is 13.8 Å². The number of ether oxygens (including phenoxy) is 2. The molecule has 7 nitrogen and oxygen atoms in total. The maximum atomic E-state index is 5.83. The van der Waals surface area contributed by atoms with Gasteiger partial charge < -0.3 is 19.4 Å². The van der Waals surface area contributed by atoms with Crippen molar-refractivity contribution in [1.29, 1.82) is 0 Å². The lowest BCUT2D eigenvalue weighted by atomic mass is 10.1. The van der Waals surface area contributed by atoms with Crippen LogP contribution in [0.5, 0.6) is 5.75 Å². The molecule has 1 aliphatic heterocycles. The van der Waals surface area contributed by atoms with Crippen molar-refractivity contribution < 1.29 is 9.47 Å². The van der Waals surface area contributed by atoms with Crippen molar-refractivity contribution in [2.24, 2.45) is 0 Å². The maximum absolute atomic E-state index is 5.83. The standard InChI is InChI=1S/C20H23N5O2/c1-13-11-25(12-14(2)27-13)20-23-10-17(19-21-8-9-22-19)18(24-20)15-4-6-16(26-3)7-5-15/h4-10,13-14H,11-12H2,1-3H3,(H,21,22). The van der Waals surface area contributed by atoms with Gasteiger partial charge in [0.2, 0.25) is 5.95 Å². The second-order valence-electron chi connectivity index (χ2n) is 6.76. The number of imidazole rings is 1. The van der Waals surface area contributed by atoms with E-state index in [-0.39, 0.29) is 12.2 Å². The highest BCUT2D eigenvalue weighted by Crippen LogP contribution is 2.31. The van der Waals surface area contributed by atoms with E-state index in [1.165, 1.54) is 0 Å². The molecule has 2 atom stereocenters. The number of methoxy groups -OCH3 is 1. The summed E-state index contributed by atoms with van der Waals surface area (Å²) in [5.41, 5.74) is 2.69. The van der Waals surface area contributed by atoms with Crippen molar-refractivity contribution in [2.45, 2.75) is 26.1 Å². The molecule has 3 aromatic rings. The predicted molar refractivity (Wildman–Crippen MR) is 104 cm³/mol. The monoisotopic (exact) mass is 365 g/mol. The largest absolute Gasteiger partial charge is 0.497 e. The van der Waals surface area contributed by atoms with Crippen molar-refractivity contribution in [3.05, 3.63) is 42.9 Å². The van der Waals surface area contributed by atoms with Crippen molar-refractivity contribution >= 4 is 5.95 Å². The Labute approximate surface area is 158 Å². The summed E-state index contributed by atoms with van der Waals surface area (Å²) in [7, 11) is 1.66. The molecule has 0 spiro atoms. The van der Waals surface area contributed by atoms with E-state index < -0.39 is 0 Å². The molecule has 27 heavy (non-hydrogen) atoms. The molecule has 1 fully saturated rings. The lowest BCUT2D eigenvalue weighted by Gasteiger charge is -2.35. The van der Waals surface area contributed by atoms with Gasteiger partial charge in [-0.1, -0.05) is 0 Å². The number of H-pyrrole nitrogens is 1. The van der Waals surface area contributed by atoms with E-state index in [2.05, 4.69) is 33.7 Å². The zero-order chi connectivity index (χ0) is 18.8. The number of anilines is 1. The summed E-state index contributed by atoms with van der Waals surface area (Å²) in [4.78, 5) is 19.2. The summed E-state index contributed by atoms with van der Waals surface area (Å²) in [6, 6.07) is 7.87. The summed E-state index contributed by atoms with van der Waals surface area (Å²) < 4.78 is 11.1. The van der Waals surface area contributed by atoms with Crippen LogP contribution in [0.25, 0.3) is 22.6 Å². The van der Waals surface area contributed by atoms with Crippen LogP contribution in [0.4, 0.5) is 5.95 Å². The Balaban J connectivity index is 1.77. The van der Waals surface area contributed by atoms with E-state index in [9.17, 15) is 0 Å². The number of aromatic amines is 1. The van der Waals surface area contributed by atoms with Crippen LogP contribution in [-0.4, -0.2) is 52.3 Å². The lowest BCUT2D eigenvalue weighted by Crippen LogP contribution is -2.46. The van der Waals surface area contributed by atoms with Crippen LogP contribution >= 0.6 is 0 Å². The van der Waals surface area contributed by atoms with Crippen LogP contribution in [0.15, 0.2) is 42.9 Å². The Kier molecular flexibility index (Phi) is 4.77. The molecule has 4 rings (SSSR count). The van der Waals surface area contributed by atoms with E-state index in [0.29, 0.717) is 5.95 Å². The molecule has 0 radical (unpaired) electrons. The number of rotatable bonds is 4. The summed E-state index contributed by atoms with van der Waals surface area (Å²) in [6.45, 7) is 5.69. The Morgan fingerprint density at radius 1 is 1.11 bits per heavy atom. The van der Waals surface area contributed by atoms with Crippen LogP contribution in [0.3, 0.4) is 0 Å². The third kappa shape index (κ3) is 3.64. The maximum Gasteiger partial charge on any atom is 0.226 e. The van der Waals surface area contributed by atoms with Gasteiger partial charge in [-0.25, -0.2) is 15.0 Å². The average Bonchev–Trinajstić information content (AvgIpc) is 3.21. The van der Waals surface area contributed by atoms with Gasteiger partial charge in [0.1, 0.15) is 11.6 Å². The third-order valence-electron chi connectivity index (χ3n) is 4.60. The normalized spacial score (nSPS) is 19.9. The van der Waals surface area contributed by atoms with Gasteiger partial charge in [0.25, 0.3) is 0 Å². The predicted octanol–water partition coefficient (Wildman–Crippen LogP) is 3.16. The lowest BCUT2D eigenvalue weighted by molar-refractivity contribution is -0.00571. The van der Waals surface area contributed by atoms with Gasteiger partial charge >= 0.3 is 0 Å². The fourth-order valence-electron chi connectivity index (χ4n) is 3.42. The van der Waals surface area contributed by atoms with Crippen molar-refractivity contribution in [1.82, 2.24) is 19.9 Å². The fraction of sp³-hybridized carbons (Fsp3) is 0.350. The van der Waals surface area contributed by atoms with Gasteiger partial charge in [-0.2, -0.15) is 0 Å². The molecule has 2 unspecified atom stereocenters. The number of nitrogens with zero attached hydrogens (tertiary/aromatic N) is 4. The molecule has 1 aromatic carbocycles. The van der Waals surface area contributed by atoms with Crippen molar-refractivity contribution in [3.8, 4) is 28.4 Å². The average molecular weight is 365 g/mol. The fourth-order valence-corrected chi connectivity index (χ4v) is 3.42. The van der Waals surface area contributed by atoms with Gasteiger partial charge in [-0.15, -0.1) is 0 Å². The van der Waals surface area contributed by atoms with Crippen molar-refractivity contribution in [2.75, 3.05) is 25.1 Å². The minimum absolute atomic E-state index is 0.145. The first kappa shape index (κ1) is 17.5. The molecule has 0 aliphatic carbocycles.